The molecular formula is C33H26F3N3O7S2. The molecule has 2 unspecified atom stereocenters. The highest BCUT2D eigenvalue weighted by Crippen LogP contribution is 2.54. The molecule has 1 saturated heterocycles. The van der Waals surface area contributed by atoms with Gasteiger partial charge in [-0.05, 0) is 67.1 Å². The van der Waals surface area contributed by atoms with Crippen molar-refractivity contribution in [2.45, 2.75) is 35.8 Å². The van der Waals surface area contributed by atoms with Gasteiger partial charge in [0.1, 0.15) is 17.5 Å². The fraction of sp³-hybridized carbons (Fsp3) is 0.242. The molecule has 2 aliphatic rings. The van der Waals surface area contributed by atoms with Crippen molar-refractivity contribution in [2.24, 2.45) is 5.92 Å². The van der Waals surface area contributed by atoms with Crippen LogP contribution in [0.1, 0.15) is 39.2 Å². The average molecular weight is 698 g/mol. The number of thioether (sulfide) groups is 1. The van der Waals surface area contributed by atoms with Gasteiger partial charge in [-0.3, -0.25) is 23.7 Å². The molecule has 4 aromatic rings. The molecule has 48 heavy (non-hydrogen) atoms. The van der Waals surface area contributed by atoms with Crippen molar-refractivity contribution in [2.75, 3.05) is 23.9 Å². The summed E-state index contributed by atoms with van der Waals surface area (Å²) in [7, 11) is 1.48. The number of amides is 3. The summed E-state index contributed by atoms with van der Waals surface area (Å²) in [4.78, 5) is 67.1. The predicted octanol–water partition coefficient (Wildman–Crippen LogP) is 5.55. The highest BCUT2D eigenvalue weighted by molar-refractivity contribution is 8.00. The second-order valence-electron chi connectivity index (χ2n) is 10.8. The lowest BCUT2D eigenvalue weighted by atomic mass is 9.83. The standard InChI is InChI=1S/C33H26F3N3O7S2/c1-3-46-31(43)18-7-11-20(12-8-18)37-23(40)16-38-30-27(48-32(38)44)24(17-9-13-22(45-2)14-10-17)25-26(47-30)29(42)39(28(25)41)21-6-4-5-19(15-21)33(34,35)36/h4-15,24-26H,3,16H2,1-2H3,(H,37,40)/t24-,25?,26?/m1/s1. The van der Waals surface area contributed by atoms with E-state index in [0.29, 0.717) is 32.5 Å². The molecular weight excluding hydrogens is 672 g/mol. The first-order valence-electron chi connectivity index (χ1n) is 14.6. The molecule has 15 heteroatoms. The molecule has 1 fully saturated rings. The second-order valence-corrected chi connectivity index (χ2v) is 13.0. The van der Waals surface area contributed by atoms with Gasteiger partial charge in [0.2, 0.25) is 17.7 Å². The summed E-state index contributed by atoms with van der Waals surface area (Å²) in [5.74, 6) is -3.84. The molecule has 0 aliphatic carbocycles. The molecule has 10 nitrogen and oxygen atoms in total. The van der Waals surface area contributed by atoms with Gasteiger partial charge >= 0.3 is 17.0 Å². The van der Waals surface area contributed by atoms with E-state index in [-0.39, 0.29) is 12.3 Å². The maximum Gasteiger partial charge on any atom is 0.416 e. The Hall–Kier alpha value is -4.89. The number of benzene rings is 3. The Balaban J connectivity index is 1.35. The third-order valence-corrected chi connectivity index (χ3v) is 10.5. The van der Waals surface area contributed by atoms with Crippen LogP contribution in [-0.4, -0.2) is 47.2 Å². The Morgan fingerprint density at radius 2 is 1.67 bits per heavy atom. The number of aromatic nitrogens is 1. The van der Waals surface area contributed by atoms with E-state index in [1.165, 1.54) is 42.0 Å². The summed E-state index contributed by atoms with van der Waals surface area (Å²) in [6.45, 7) is 1.46. The molecule has 3 amide bonds. The fourth-order valence-corrected chi connectivity index (χ4v) is 8.52. The monoisotopic (exact) mass is 697 g/mol. The number of hydrogen-bond acceptors (Lipinski definition) is 9. The minimum atomic E-state index is -4.70. The van der Waals surface area contributed by atoms with Gasteiger partial charge in [-0.1, -0.05) is 41.3 Å². The summed E-state index contributed by atoms with van der Waals surface area (Å²) in [6.07, 6.45) is -4.70. The predicted molar refractivity (Wildman–Crippen MR) is 172 cm³/mol. The van der Waals surface area contributed by atoms with Crippen LogP contribution >= 0.6 is 23.1 Å². The lowest BCUT2D eigenvalue weighted by molar-refractivity contribution is -0.137. The average Bonchev–Trinajstić information content (AvgIpc) is 3.51. The number of esters is 1. The summed E-state index contributed by atoms with van der Waals surface area (Å²) in [6, 6.07) is 16.7. The minimum Gasteiger partial charge on any atom is -0.497 e. The maximum absolute atomic E-state index is 14.0. The van der Waals surface area contributed by atoms with Gasteiger partial charge in [-0.15, -0.1) is 0 Å². The number of anilines is 2. The first-order chi connectivity index (χ1) is 22.9. The topological polar surface area (TPSA) is 124 Å². The first-order valence-corrected chi connectivity index (χ1v) is 16.3. The number of hydrogen-bond donors (Lipinski definition) is 1. The van der Waals surface area contributed by atoms with Gasteiger partial charge in [-0.2, -0.15) is 13.2 Å². The number of carbonyl (C=O) groups excluding carboxylic acids is 4. The van der Waals surface area contributed by atoms with Crippen LogP contribution in [0.5, 0.6) is 5.75 Å². The molecule has 0 spiro atoms. The Morgan fingerprint density at radius 1 is 0.958 bits per heavy atom. The molecule has 1 N–H and O–H groups in total. The maximum atomic E-state index is 14.0. The van der Waals surface area contributed by atoms with E-state index < -0.39 is 63.9 Å². The highest BCUT2D eigenvalue weighted by Gasteiger charge is 2.57. The normalized spacial score (nSPS) is 18.7. The molecule has 0 bridgehead atoms. The van der Waals surface area contributed by atoms with Gasteiger partial charge < -0.3 is 14.8 Å². The van der Waals surface area contributed by atoms with Crippen molar-refractivity contribution in [1.29, 1.82) is 0 Å². The van der Waals surface area contributed by atoms with E-state index in [0.717, 1.165) is 46.2 Å². The first kappa shape index (κ1) is 33.0. The third-order valence-electron chi connectivity index (χ3n) is 7.94. The second kappa shape index (κ2) is 13.0. The van der Waals surface area contributed by atoms with Crippen LogP contribution in [0.15, 0.2) is 82.6 Å². The van der Waals surface area contributed by atoms with Crippen molar-refractivity contribution in [3.05, 3.63) is 104 Å². The number of fused-ring (bicyclic) bond motifs is 2. The molecule has 0 saturated carbocycles. The lowest BCUT2D eigenvalue weighted by Gasteiger charge is -2.30. The fourth-order valence-electron chi connectivity index (χ4n) is 5.75. The van der Waals surface area contributed by atoms with Crippen LogP contribution in [0.25, 0.3) is 0 Å². The van der Waals surface area contributed by atoms with E-state index in [2.05, 4.69) is 5.32 Å². The number of nitrogens with one attached hydrogen (secondary N) is 1. The summed E-state index contributed by atoms with van der Waals surface area (Å²) in [5.41, 5.74) is 0.0198. The van der Waals surface area contributed by atoms with Crippen LogP contribution in [0.3, 0.4) is 0 Å². The number of imide groups is 1. The van der Waals surface area contributed by atoms with E-state index in [1.807, 2.05) is 0 Å². The summed E-state index contributed by atoms with van der Waals surface area (Å²) in [5, 5.41) is 1.91. The number of nitrogens with zero attached hydrogens (tertiary/aromatic N) is 2. The van der Waals surface area contributed by atoms with Crippen molar-refractivity contribution in [3.63, 3.8) is 0 Å². The van der Waals surface area contributed by atoms with Crippen LogP contribution in [0, 0.1) is 5.92 Å². The number of methoxy groups -OCH3 is 1. The van der Waals surface area contributed by atoms with Crippen LogP contribution in [0.2, 0.25) is 0 Å². The van der Waals surface area contributed by atoms with E-state index in [1.54, 1.807) is 31.2 Å². The van der Waals surface area contributed by atoms with Crippen LogP contribution in [0.4, 0.5) is 24.5 Å². The van der Waals surface area contributed by atoms with Gasteiger partial charge in [0.25, 0.3) is 0 Å². The van der Waals surface area contributed by atoms with Crippen LogP contribution < -0.4 is 19.8 Å². The van der Waals surface area contributed by atoms with E-state index >= 15 is 0 Å². The quantitative estimate of drug-likeness (QED) is 0.188. The molecule has 3 heterocycles. The number of ether oxygens (including phenoxy) is 2. The van der Waals surface area contributed by atoms with Crippen molar-refractivity contribution in [1.82, 2.24) is 4.57 Å². The molecule has 3 atom stereocenters. The number of thiazole rings is 1. The Labute approximate surface area is 279 Å². The zero-order chi connectivity index (χ0) is 34.3. The van der Waals surface area contributed by atoms with Crippen molar-refractivity contribution >= 4 is 58.2 Å². The smallest absolute Gasteiger partial charge is 0.416 e. The van der Waals surface area contributed by atoms with E-state index in [9.17, 15) is 37.1 Å². The van der Waals surface area contributed by atoms with E-state index in [4.69, 9.17) is 9.47 Å². The Bertz CT molecular complexity index is 1970. The number of halogens is 3. The molecule has 1 aromatic heterocycles. The van der Waals surface area contributed by atoms with Gasteiger partial charge in [-0.25, -0.2) is 9.69 Å². The number of carbonyl (C=O) groups is 4. The summed E-state index contributed by atoms with van der Waals surface area (Å²) < 4.78 is 52.1. The molecule has 248 valence electrons. The SMILES string of the molecule is CCOC(=O)c1ccc(NC(=O)Cn2c3c(sc2=O)[C@H](c2ccc(OC)cc2)C2C(=O)N(c4cccc(C(F)(F)F)c4)C(=O)C2S3)cc1. The molecule has 2 aliphatic heterocycles. The number of rotatable bonds is 8. The highest BCUT2D eigenvalue weighted by atomic mass is 32.2. The molecule has 6 rings (SSSR count). The minimum absolute atomic E-state index is 0.207. The van der Waals surface area contributed by atoms with Crippen molar-refractivity contribution in [3.8, 4) is 5.75 Å². The third kappa shape index (κ3) is 6.10. The van der Waals surface area contributed by atoms with Crippen molar-refractivity contribution < 1.29 is 41.8 Å². The Morgan fingerprint density at radius 3 is 2.31 bits per heavy atom. The molecule has 3 aromatic carbocycles. The number of alkyl halides is 3. The van der Waals surface area contributed by atoms with Gasteiger partial charge in [0.05, 0.1) is 41.5 Å². The Kier molecular flexibility index (Phi) is 8.92. The van der Waals surface area contributed by atoms with Gasteiger partial charge in [0.15, 0.2) is 0 Å². The zero-order valence-corrected chi connectivity index (χ0v) is 26.9. The molecule has 0 radical (unpaired) electrons. The lowest BCUT2D eigenvalue weighted by Crippen LogP contribution is -2.33. The largest absolute Gasteiger partial charge is 0.497 e. The summed E-state index contributed by atoms with van der Waals surface area (Å²) >= 11 is 1.78. The van der Waals surface area contributed by atoms with Crippen LogP contribution in [-0.2, 0) is 31.8 Å². The zero-order valence-electron chi connectivity index (χ0n) is 25.3. The van der Waals surface area contributed by atoms with Gasteiger partial charge in [0, 0.05) is 16.5 Å².